The summed E-state index contributed by atoms with van der Waals surface area (Å²) in [6.45, 7) is 4.26. The summed E-state index contributed by atoms with van der Waals surface area (Å²) in [6.07, 6.45) is -1.71. The molecule has 0 saturated heterocycles. The van der Waals surface area contributed by atoms with Gasteiger partial charge >= 0.3 is 12.1 Å². The average molecular weight is 313 g/mol. The van der Waals surface area contributed by atoms with Crippen LogP contribution in [0.3, 0.4) is 0 Å². The van der Waals surface area contributed by atoms with Crippen LogP contribution in [0.2, 0.25) is 0 Å². The Morgan fingerprint density at radius 3 is 2.18 bits per heavy atom. The minimum Gasteiger partial charge on any atom is -0.478 e. The maximum atomic E-state index is 12.4. The van der Waals surface area contributed by atoms with E-state index in [0.29, 0.717) is 5.56 Å². The van der Waals surface area contributed by atoms with Crippen molar-refractivity contribution in [1.82, 2.24) is 5.10 Å². The fraction of sp³-hybridized carbons (Fsp3) is 0.267. The Hall–Kier alpha value is -2.44. The molecule has 1 heterocycles. The first-order chi connectivity index (χ1) is 10.4. The summed E-state index contributed by atoms with van der Waals surface area (Å²) in [6, 6.07) is 6.10. The van der Waals surface area contributed by atoms with Gasteiger partial charge in [-0.3, -0.25) is 0 Å². The molecule has 0 aliphatic carbocycles. The zero-order valence-electron chi connectivity index (χ0n) is 12.1. The van der Waals surface area contributed by atoms with Gasteiger partial charge in [-0.2, -0.15) is 13.2 Å². The van der Waals surface area contributed by atoms with Gasteiger partial charge in [-0.05, 0) is 17.2 Å². The molecule has 7 heteroatoms. The number of aromatic carboxylic acids is 1. The quantitative estimate of drug-likeness (QED) is 0.886. The second-order valence-corrected chi connectivity index (χ2v) is 4.11. The van der Waals surface area contributed by atoms with Crippen molar-refractivity contribution in [2.24, 2.45) is 0 Å². The molecule has 0 aliphatic heterocycles. The molecular weight excluding hydrogens is 297 g/mol. The highest BCUT2D eigenvalue weighted by Crippen LogP contribution is 2.28. The molecule has 0 aliphatic rings. The van der Waals surface area contributed by atoms with Crippen molar-refractivity contribution >= 4 is 5.97 Å². The van der Waals surface area contributed by atoms with E-state index in [1.165, 1.54) is 35.3 Å². The summed E-state index contributed by atoms with van der Waals surface area (Å²) in [7, 11) is 0. The number of carboxylic acids is 1. The van der Waals surface area contributed by atoms with E-state index in [1.807, 2.05) is 13.8 Å². The Labute approximate surface area is 125 Å². The van der Waals surface area contributed by atoms with Crippen molar-refractivity contribution in [3.63, 3.8) is 0 Å². The molecule has 22 heavy (non-hydrogen) atoms. The van der Waals surface area contributed by atoms with Gasteiger partial charge < -0.3 is 5.11 Å². The van der Waals surface area contributed by atoms with Gasteiger partial charge in [0.1, 0.15) is 6.20 Å². The van der Waals surface area contributed by atoms with Gasteiger partial charge in [0, 0.05) is 11.6 Å². The molecule has 0 saturated carbocycles. The molecule has 0 bridgehead atoms. The first-order valence-corrected chi connectivity index (χ1v) is 6.61. The second kappa shape index (κ2) is 7.53. The highest BCUT2D eigenvalue weighted by atomic mass is 19.4. The fourth-order valence-electron chi connectivity index (χ4n) is 1.59. The van der Waals surface area contributed by atoms with Gasteiger partial charge in [0.15, 0.2) is 12.7 Å². The van der Waals surface area contributed by atoms with Crippen LogP contribution < -0.4 is 4.68 Å². The van der Waals surface area contributed by atoms with Gasteiger partial charge in [0.25, 0.3) is 0 Å². The van der Waals surface area contributed by atoms with Crippen LogP contribution in [0.25, 0.3) is 0 Å². The number of halogens is 3. The minimum absolute atomic E-state index is 0.0497. The number of hydrogen-bond acceptors (Lipinski definition) is 2. The number of carboxylic acid groups (broad SMARTS) is 1. The Balaban J connectivity index is 0.00000116. The molecule has 0 amide bonds. The Morgan fingerprint density at radius 2 is 1.77 bits per heavy atom. The predicted octanol–water partition coefficient (Wildman–Crippen LogP) is 3.16. The molecule has 1 N–H and O–H groups in total. The lowest BCUT2D eigenvalue weighted by Crippen LogP contribution is -2.38. The van der Waals surface area contributed by atoms with Crippen molar-refractivity contribution in [2.45, 2.75) is 26.6 Å². The van der Waals surface area contributed by atoms with Crippen molar-refractivity contribution in [3.8, 4) is 0 Å². The number of aromatic nitrogens is 2. The number of benzene rings is 1. The monoisotopic (exact) mass is 313 g/mol. The van der Waals surface area contributed by atoms with Gasteiger partial charge in [0.05, 0.1) is 11.1 Å². The Morgan fingerprint density at radius 1 is 1.18 bits per heavy atom. The molecule has 2 rings (SSSR count). The lowest BCUT2D eigenvalue weighted by molar-refractivity contribution is -0.746. The predicted molar refractivity (Wildman–Crippen MR) is 73.3 cm³/mol. The summed E-state index contributed by atoms with van der Waals surface area (Å²) < 4.78 is 38.6. The molecule has 0 radical (unpaired) electrons. The highest BCUT2D eigenvalue weighted by molar-refractivity contribution is 5.86. The summed E-state index contributed by atoms with van der Waals surface area (Å²) >= 11 is 0. The summed E-state index contributed by atoms with van der Waals surface area (Å²) in [4.78, 5) is 10.6. The summed E-state index contributed by atoms with van der Waals surface area (Å²) in [5.41, 5.74) is -0.0207. The molecule has 0 fully saturated rings. The number of alkyl halides is 3. The molecule has 0 unspecified atom stereocenters. The van der Waals surface area contributed by atoms with E-state index in [4.69, 9.17) is 5.11 Å². The standard InChI is InChI=1S/C13H9F3N2O2.C2H6/c14-13(15,16)11-3-1-9(2-4-11)8-18-6-5-10(7-17-18)12(19)20;1-2/h1-7H,8H2;1-2H3/p+1. The number of hydrogen-bond donors (Lipinski definition) is 1. The second-order valence-electron chi connectivity index (χ2n) is 4.11. The lowest BCUT2D eigenvalue weighted by Gasteiger charge is -2.06. The van der Waals surface area contributed by atoms with Crippen LogP contribution in [0.1, 0.15) is 35.3 Å². The summed E-state index contributed by atoms with van der Waals surface area (Å²) in [5, 5.41) is 12.6. The minimum atomic E-state index is -4.35. The first-order valence-electron chi connectivity index (χ1n) is 6.61. The molecular formula is C15H16F3N2O2+. The largest absolute Gasteiger partial charge is 0.478 e. The average Bonchev–Trinajstić information content (AvgIpc) is 2.49. The maximum absolute atomic E-state index is 12.4. The van der Waals surface area contributed by atoms with Gasteiger partial charge in [-0.25, -0.2) is 4.79 Å². The molecule has 4 nitrogen and oxygen atoms in total. The van der Waals surface area contributed by atoms with Crippen LogP contribution in [-0.4, -0.2) is 16.2 Å². The van der Waals surface area contributed by atoms with E-state index in [9.17, 15) is 18.0 Å². The zero-order valence-corrected chi connectivity index (χ0v) is 12.1. The first kappa shape index (κ1) is 17.6. The van der Waals surface area contributed by atoms with Crippen molar-refractivity contribution in [3.05, 3.63) is 59.4 Å². The summed E-state index contributed by atoms with van der Waals surface area (Å²) in [5.74, 6) is -1.08. The third-order valence-corrected chi connectivity index (χ3v) is 2.64. The van der Waals surface area contributed by atoms with E-state index in [0.717, 1.165) is 12.1 Å². The highest BCUT2D eigenvalue weighted by Gasteiger charge is 2.30. The van der Waals surface area contributed by atoms with E-state index in [1.54, 1.807) is 0 Å². The van der Waals surface area contributed by atoms with E-state index in [-0.39, 0.29) is 12.1 Å². The molecule has 0 atom stereocenters. The topological polar surface area (TPSA) is 54.1 Å². The van der Waals surface area contributed by atoms with Gasteiger partial charge in [-0.15, -0.1) is 0 Å². The lowest BCUT2D eigenvalue weighted by atomic mass is 10.1. The molecule has 0 spiro atoms. The third-order valence-electron chi connectivity index (χ3n) is 2.64. The number of carbonyl (C=O) groups is 1. The van der Waals surface area contributed by atoms with Gasteiger partial charge in [-0.1, -0.05) is 30.7 Å². The van der Waals surface area contributed by atoms with E-state index >= 15 is 0 Å². The van der Waals surface area contributed by atoms with Gasteiger partial charge in [0.2, 0.25) is 0 Å². The van der Waals surface area contributed by atoms with Crippen LogP contribution in [0.15, 0.2) is 42.7 Å². The maximum Gasteiger partial charge on any atom is 0.416 e. The number of rotatable bonds is 3. The van der Waals surface area contributed by atoms with Crippen molar-refractivity contribution in [2.75, 3.05) is 0 Å². The SMILES string of the molecule is CC.O=C(O)c1cc[n+](Cc2ccc(C(F)(F)F)cc2)nc1. The van der Waals surface area contributed by atoms with Crippen LogP contribution in [0, 0.1) is 0 Å². The van der Waals surface area contributed by atoms with Crippen molar-refractivity contribution < 1.29 is 27.8 Å². The van der Waals surface area contributed by atoms with E-state index in [2.05, 4.69) is 5.10 Å². The fourth-order valence-corrected chi connectivity index (χ4v) is 1.59. The Bertz CT molecular complexity index is 608. The zero-order chi connectivity index (χ0) is 16.8. The smallest absolute Gasteiger partial charge is 0.416 e. The van der Waals surface area contributed by atoms with E-state index < -0.39 is 17.7 Å². The van der Waals surface area contributed by atoms with Crippen LogP contribution in [0.5, 0.6) is 0 Å². The molecule has 2 aromatic rings. The molecule has 1 aromatic heterocycles. The molecule has 1 aromatic carbocycles. The normalized spacial score (nSPS) is 10.6. The Kier molecular flexibility index (Phi) is 6.03. The van der Waals surface area contributed by atoms with Crippen LogP contribution in [-0.2, 0) is 12.7 Å². The van der Waals surface area contributed by atoms with Crippen LogP contribution in [0.4, 0.5) is 13.2 Å². The van der Waals surface area contributed by atoms with Crippen LogP contribution >= 0.6 is 0 Å². The molecule has 118 valence electrons. The number of nitrogens with zero attached hydrogens (tertiary/aromatic N) is 2. The third kappa shape index (κ3) is 4.83. The van der Waals surface area contributed by atoms with Crippen molar-refractivity contribution in [1.29, 1.82) is 0 Å².